The predicted octanol–water partition coefficient (Wildman–Crippen LogP) is 6.35. The van der Waals surface area contributed by atoms with Crippen LogP contribution in [-0.4, -0.2) is 6.21 Å². The Morgan fingerprint density at radius 2 is 1.36 bits per heavy atom. The fourth-order valence-corrected chi connectivity index (χ4v) is 3.43. The molecule has 0 aliphatic rings. The summed E-state index contributed by atoms with van der Waals surface area (Å²) in [7, 11) is 0. The van der Waals surface area contributed by atoms with Gasteiger partial charge in [-0.1, -0.05) is 75.2 Å². The standard InChI is InChI=1S/C25H29N3/c1-3-11-20-17-18-21(25(26)24(20)12-4-2)19-27-28(22-13-7-5-8-14-22)23-15-9-6-10-16-23/h5-10,13-19H,3-4,11-12,26H2,1-2H3. The summed E-state index contributed by atoms with van der Waals surface area (Å²) in [6, 6.07) is 24.6. The SMILES string of the molecule is CCCc1ccc(C=NN(c2ccccc2)c2ccccc2)c(N)c1CCC. The maximum absolute atomic E-state index is 6.55. The molecule has 0 saturated carbocycles. The zero-order chi connectivity index (χ0) is 19.8. The summed E-state index contributed by atoms with van der Waals surface area (Å²) in [6.45, 7) is 4.40. The van der Waals surface area contributed by atoms with Crippen molar-refractivity contribution in [3.8, 4) is 0 Å². The Labute approximate surface area is 168 Å². The number of para-hydroxylation sites is 2. The quantitative estimate of drug-likeness (QED) is 0.285. The van der Waals surface area contributed by atoms with Crippen molar-refractivity contribution in [1.29, 1.82) is 0 Å². The Morgan fingerprint density at radius 3 is 1.89 bits per heavy atom. The fourth-order valence-electron chi connectivity index (χ4n) is 3.43. The minimum absolute atomic E-state index is 0.859. The first-order valence-corrected chi connectivity index (χ1v) is 10.1. The lowest BCUT2D eigenvalue weighted by Gasteiger charge is -2.19. The van der Waals surface area contributed by atoms with Gasteiger partial charge in [0.25, 0.3) is 0 Å². The molecular formula is C25H29N3. The fraction of sp³-hybridized carbons (Fsp3) is 0.240. The van der Waals surface area contributed by atoms with E-state index in [9.17, 15) is 0 Å². The highest BCUT2D eigenvalue weighted by Crippen LogP contribution is 2.27. The average Bonchev–Trinajstić information content (AvgIpc) is 2.74. The van der Waals surface area contributed by atoms with Gasteiger partial charge >= 0.3 is 0 Å². The van der Waals surface area contributed by atoms with Gasteiger partial charge in [-0.25, -0.2) is 5.01 Å². The van der Waals surface area contributed by atoms with E-state index in [-0.39, 0.29) is 0 Å². The number of anilines is 3. The average molecular weight is 372 g/mol. The van der Waals surface area contributed by atoms with Crippen LogP contribution in [0.2, 0.25) is 0 Å². The summed E-state index contributed by atoms with van der Waals surface area (Å²) < 4.78 is 0. The van der Waals surface area contributed by atoms with Crippen LogP contribution >= 0.6 is 0 Å². The molecule has 0 unspecified atom stereocenters. The van der Waals surface area contributed by atoms with Crippen molar-refractivity contribution in [1.82, 2.24) is 0 Å². The molecule has 0 aliphatic carbocycles. The van der Waals surface area contributed by atoms with E-state index in [1.807, 2.05) is 47.6 Å². The monoisotopic (exact) mass is 371 g/mol. The highest BCUT2D eigenvalue weighted by molar-refractivity contribution is 5.89. The number of aryl methyl sites for hydroxylation is 1. The summed E-state index contributed by atoms with van der Waals surface area (Å²) in [5.74, 6) is 0. The molecule has 2 N–H and O–H groups in total. The Hall–Kier alpha value is -3.07. The molecule has 0 saturated heterocycles. The van der Waals surface area contributed by atoms with Gasteiger partial charge in [0.05, 0.1) is 17.6 Å². The van der Waals surface area contributed by atoms with Crippen LogP contribution in [0, 0.1) is 0 Å². The molecule has 0 fully saturated rings. The van der Waals surface area contributed by atoms with Crippen LogP contribution in [0.4, 0.5) is 17.1 Å². The van der Waals surface area contributed by atoms with Crippen molar-refractivity contribution in [2.45, 2.75) is 39.5 Å². The molecule has 0 amide bonds. The molecule has 0 atom stereocenters. The number of rotatable bonds is 8. The molecule has 3 aromatic rings. The third kappa shape index (κ3) is 4.61. The summed E-state index contributed by atoms with van der Waals surface area (Å²) in [5.41, 5.74) is 13.1. The number of benzene rings is 3. The molecule has 0 spiro atoms. The van der Waals surface area contributed by atoms with Gasteiger partial charge in [0.1, 0.15) is 0 Å². The molecule has 28 heavy (non-hydrogen) atoms. The highest BCUT2D eigenvalue weighted by atomic mass is 15.5. The first kappa shape index (κ1) is 19.7. The van der Waals surface area contributed by atoms with Gasteiger partial charge in [0.15, 0.2) is 0 Å². The van der Waals surface area contributed by atoms with E-state index in [0.29, 0.717) is 0 Å². The van der Waals surface area contributed by atoms with Crippen LogP contribution in [0.1, 0.15) is 43.4 Å². The van der Waals surface area contributed by atoms with E-state index in [0.717, 1.165) is 48.3 Å². The first-order valence-electron chi connectivity index (χ1n) is 10.1. The lowest BCUT2D eigenvalue weighted by atomic mass is 9.95. The highest BCUT2D eigenvalue weighted by Gasteiger charge is 2.11. The van der Waals surface area contributed by atoms with Gasteiger partial charge in [-0.05, 0) is 48.2 Å². The first-order chi connectivity index (χ1) is 13.7. The lowest BCUT2D eigenvalue weighted by molar-refractivity contribution is 0.863. The summed E-state index contributed by atoms with van der Waals surface area (Å²) >= 11 is 0. The van der Waals surface area contributed by atoms with Crippen molar-refractivity contribution in [3.05, 3.63) is 89.5 Å². The number of hydrogen-bond donors (Lipinski definition) is 1. The van der Waals surface area contributed by atoms with Crippen LogP contribution in [0.25, 0.3) is 0 Å². The molecule has 0 heterocycles. The van der Waals surface area contributed by atoms with Gasteiger partial charge < -0.3 is 5.73 Å². The second-order valence-electron chi connectivity index (χ2n) is 6.93. The molecule has 3 aromatic carbocycles. The Morgan fingerprint density at radius 1 is 0.786 bits per heavy atom. The molecule has 3 nitrogen and oxygen atoms in total. The molecule has 0 aliphatic heterocycles. The van der Waals surface area contributed by atoms with Crippen LogP contribution in [0.5, 0.6) is 0 Å². The van der Waals surface area contributed by atoms with Crippen molar-refractivity contribution in [3.63, 3.8) is 0 Å². The zero-order valence-electron chi connectivity index (χ0n) is 16.8. The molecule has 0 aromatic heterocycles. The van der Waals surface area contributed by atoms with E-state index in [1.54, 1.807) is 0 Å². The maximum Gasteiger partial charge on any atom is 0.0652 e. The van der Waals surface area contributed by atoms with E-state index in [1.165, 1.54) is 11.1 Å². The van der Waals surface area contributed by atoms with Crippen LogP contribution in [0.3, 0.4) is 0 Å². The Kier molecular flexibility index (Phi) is 6.85. The largest absolute Gasteiger partial charge is 0.398 e. The van der Waals surface area contributed by atoms with Gasteiger partial charge in [-0.15, -0.1) is 0 Å². The molecule has 3 rings (SSSR count). The molecule has 144 valence electrons. The Balaban J connectivity index is 1.98. The normalized spacial score (nSPS) is 11.1. The minimum Gasteiger partial charge on any atom is -0.398 e. The molecule has 0 radical (unpaired) electrons. The van der Waals surface area contributed by atoms with Crippen molar-refractivity contribution in [2.24, 2.45) is 5.10 Å². The summed E-state index contributed by atoms with van der Waals surface area (Å²) in [6.07, 6.45) is 6.16. The molecule has 0 bridgehead atoms. The number of nitrogen functional groups attached to an aromatic ring is 1. The predicted molar refractivity (Wildman–Crippen MR) is 121 cm³/mol. The van der Waals surface area contributed by atoms with E-state index in [2.05, 4.69) is 50.2 Å². The van der Waals surface area contributed by atoms with Gasteiger partial charge in [-0.3, -0.25) is 0 Å². The van der Waals surface area contributed by atoms with Crippen molar-refractivity contribution < 1.29 is 0 Å². The van der Waals surface area contributed by atoms with Gasteiger partial charge in [0.2, 0.25) is 0 Å². The van der Waals surface area contributed by atoms with Crippen LogP contribution < -0.4 is 10.7 Å². The maximum atomic E-state index is 6.55. The zero-order valence-corrected chi connectivity index (χ0v) is 16.8. The minimum atomic E-state index is 0.859. The van der Waals surface area contributed by atoms with E-state index in [4.69, 9.17) is 10.8 Å². The van der Waals surface area contributed by atoms with Crippen molar-refractivity contribution in [2.75, 3.05) is 10.7 Å². The smallest absolute Gasteiger partial charge is 0.0652 e. The number of hydrogen-bond acceptors (Lipinski definition) is 3. The number of nitrogens with zero attached hydrogens (tertiary/aromatic N) is 2. The molecule has 3 heteroatoms. The topological polar surface area (TPSA) is 41.6 Å². The second-order valence-corrected chi connectivity index (χ2v) is 6.93. The Bertz CT molecular complexity index is 862. The van der Waals surface area contributed by atoms with Gasteiger partial charge in [0, 0.05) is 11.3 Å². The lowest BCUT2D eigenvalue weighted by Crippen LogP contribution is -2.10. The van der Waals surface area contributed by atoms with E-state index >= 15 is 0 Å². The third-order valence-corrected chi connectivity index (χ3v) is 4.82. The van der Waals surface area contributed by atoms with Crippen LogP contribution in [-0.2, 0) is 12.8 Å². The van der Waals surface area contributed by atoms with Gasteiger partial charge in [-0.2, -0.15) is 5.10 Å². The second kappa shape index (κ2) is 9.75. The van der Waals surface area contributed by atoms with Crippen molar-refractivity contribution >= 4 is 23.3 Å². The van der Waals surface area contributed by atoms with E-state index < -0.39 is 0 Å². The summed E-state index contributed by atoms with van der Waals surface area (Å²) in [4.78, 5) is 0. The number of nitrogens with two attached hydrogens (primary N) is 1. The van der Waals surface area contributed by atoms with Crippen LogP contribution in [0.15, 0.2) is 77.9 Å². The third-order valence-electron chi connectivity index (χ3n) is 4.82. The summed E-state index contributed by atoms with van der Waals surface area (Å²) in [5, 5.41) is 6.74. The number of hydrazone groups is 1. The molecular weight excluding hydrogens is 342 g/mol.